The van der Waals surface area contributed by atoms with Crippen molar-refractivity contribution in [2.45, 2.75) is 0 Å². The van der Waals surface area contributed by atoms with E-state index in [1.165, 1.54) is 0 Å². The molecule has 0 heterocycles. The molecule has 0 saturated heterocycles. The number of benzene rings is 4. The third-order valence-electron chi connectivity index (χ3n) is 5.30. The second kappa shape index (κ2) is 10.4. The summed E-state index contributed by atoms with van der Waals surface area (Å²) in [6.45, 7) is 0. The molecule has 0 unspecified atom stereocenters. The van der Waals surface area contributed by atoms with Gasteiger partial charge in [0, 0.05) is 11.1 Å². The number of hydrogen-bond donors (Lipinski definition) is 2. The van der Waals surface area contributed by atoms with Gasteiger partial charge in [-0.05, 0) is 59.7 Å². The minimum Gasteiger partial charge on any atom is -0.495 e. The first kappa shape index (κ1) is 22.6. The maximum Gasteiger partial charge on any atom is 0.255 e. The smallest absolute Gasteiger partial charge is 0.255 e. The number of nitrogens with one attached hydrogen (secondary N) is 2. The lowest BCUT2D eigenvalue weighted by Gasteiger charge is -2.14. The monoisotopic (exact) mass is 452 g/mol. The van der Waals surface area contributed by atoms with E-state index >= 15 is 0 Å². The van der Waals surface area contributed by atoms with E-state index in [-0.39, 0.29) is 11.8 Å². The Morgan fingerprint density at radius 2 is 0.941 bits per heavy atom. The summed E-state index contributed by atoms with van der Waals surface area (Å²) in [5, 5.41) is 5.78. The van der Waals surface area contributed by atoms with E-state index in [4.69, 9.17) is 9.47 Å². The molecule has 0 aliphatic heterocycles. The zero-order valence-corrected chi connectivity index (χ0v) is 18.9. The van der Waals surface area contributed by atoms with Gasteiger partial charge in [-0.25, -0.2) is 0 Å². The SMILES string of the molecule is COc1cc(-c2ccc(NC(=O)c3ccccc3)c(OC)c2)ccc1NC(=O)c1ccccc1. The number of carbonyl (C=O) groups is 2. The number of hydrogen-bond acceptors (Lipinski definition) is 4. The molecule has 2 amide bonds. The van der Waals surface area contributed by atoms with Crippen LogP contribution in [0.2, 0.25) is 0 Å². The van der Waals surface area contributed by atoms with Gasteiger partial charge in [0.1, 0.15) is 11.5 Å². The number of amides is 2. The van der Waals surface area contributed by atoms with Gasteiger partial charge in [-0.2, -0.15) is 0 Å². The number of methoxy groups -OCH3 is 2. The van der Waals surface area contributed by atoms with Crippen LogP contribution in [0.5, 0.6) is 11.5 Å². The lowest BCUT2D eigenvalue weighted by atomic mass is 10.0. The Morgan fingerprint density at radius 3 is 1.29 bits per heavy atom. The Kier molecular flexibility index (Phi) is 6.89. The number of rotatable bonds is 7. The van der Waals surface area contributed by atoms with Crippen molar-refractivity contribution in [3.05, 3.63) is 108 Å². The van der Waals surface area contributed by atoms with Gasteiger partial charge in [0.15, 0.2) is 0 Å². The molecule has 0 aromatic heterocycles. The van der Waals surface area contributed by atoms with E-state index in [0.29, 0.717) is 34.0 Å². The standard InChI is InChI=1S/C28H24N2O4/c1-33-25-17-21(13-15-23(25)29-27(31)19-9-5-3-6-10-19)22-14-16-24(26(18-22)34-2)30-28(32)20-11-7-4-8-12-20/h3-18H,1-2H3,(H,29,31)(H,30,32). The molecule has 4 aromatic carbocycles. The molecule has 0 spiro atoms. The van der Waals surface area contributed by atoms with Crippen molar-refractivity contribution in [2.75, 3.05) is 24.9 Å². The highest BCUT2D eigenvalue weighted by Crippen LogP contribution is 2.35. The molecule has 4 rings (SSSR count). The lowest BCUT2D eigenvalue weighted by Crippen LogP contribution is -2.12. The highest BCUT2D eigenvalue weighted by Gasteiger charge is 2.14. The molecule has 2 N–H and O–H groups in total. The van der Waals surface area contributed by atoms with E-state index in [0.717, 1.165) is 11.1 Å². The molecule has 0 radical (unpaired) electrons. The predicted molar refractivity (Wildman–Crippen MR) is 134 cm³/mol. The molecule has 6 nitrogen and oxygen atoms in total. The van der Waals surface area contributed by atoms with Crippen LogP contribution in [0, 0.1) is 0 Å². The topological polar surface area (TPSA) is 76.7 Å². The van der Waals surface area contributed by atoms with Crippen molar-refractivity contribution < 1.29 is 19.1 Å². The summed E-state index contributed by atoms with van der Waals surface area (Å²) < 4.78 is 11.0. The molecular weight excluding hydrogens is 428 g/mol. The van der Waals surface area contributed by atoms with Crippen molar-refractivity contribution in [3.8, 4) is 22.6 Å². The van der Waals surface area contributed by atoms with Crippen molar-refractivity contribution in [1.82, 2.24) is 0 Å². The fourth-order valence-corrected chi connectivity index (χ4v) is 3.52. The van der Waals surface area contributed by atoms with Crippen LogP contribution < -0.4 is 20.1 Å². The molecule has 0 fully saturated rings. The first-order chi connectivity index (χ1) is 16.6. The normalized spacial score (nSPS) is 10.3. The lowest BCUT2D eigenvalue weighted by molar-refractivity contribution is 0.101. The van der Waals surface area contributed by atoms with Gasteiger partial charge in [0.25, 0.3) is 11.8 Å². The first-order valence-corrected chi connectivity index (χ1v) is 10.7. The third-order valence-corrected chi connectivity index (χ3v) is 5.30. The Bertz CT molecular complexity index is 1200. The van der Waals surface area contributed by atoms with Gasteiger partial charge >= 0.3 is 0 Å². The fraction of sp³-hybridized carbons (Fsp3) is 0.0714. The summed E-state index contributed by atoms with van der Waals surface area (Å²) >= 11 is 0. The third kappa shape index (κ3) is 5.07. The summed E-state index contributed by atoms with van der Waals surface area (Å²) in [6, 6.07) is 29.0. The fourth-order valence-electron chi connectivity index (χ4n) is 3.52. The zero-order chi connectivity index (χ0) is 23.9. The molecule has 4 aromatic rings. The van der Waals surface area contributed by atoms with E-state index in [1.54, 1.807) is 50.6 Å². The predicted octanol–water partition coefficient (Wildman–Crippen LogP) is 5.88. The van der Waals surface area contributed by atoms with E-state index < -0.39 is 0 Å². The summed E-state index contributed by atoms with van der Waals surface area (Å²) in [5.41, 5.74) is 4.00. The Morgan fingerprint density at radius 1 is 0.559 bits per heavy atom. The van der Waals surface area contributed by atoms with Gasteiger partial charge in [-0.3, -0.25) is 9.59 Å². The Labute approximate surface area is 198 Å². The largest absolute Gasteiger partial charge is 0.495 e. The van der Waals surface area contributed by atoms with Crippen LogP contribution in [0.25, 0.3) is 11.1 Å². The van der Waals surface area contributed by atoms with Gasteiger partial charge in [0.05, 0.1) is 25.6 Å². The van der Waals surface area contributed by atoms with Gasteiger partial charge in [-0.1, -0.05) is 48.5 Å². The van der Waals surface area contributed by atoms with Crippen LogP contribution in [0.4, 0.5) is 11.4 Å². The summed E-state index contributed by atoms with van der Waals surface area (Å²) in [4.78, 5) is 25.1. The van der Waals surface area contributed by atoms with Crippen molar-refractivity contribution in [2.24, 2.45) is 0 Å². The molecular formula is C28H24N2O4. The number of anilines is 2. The average Bonchev–Trinajstić information content (AvgIpc) is 2.90. The zero-order valence-electron chi connectivity index (χ0n) is 18.9. The molecule has 0 saturated carbocycles. The maximum absolute atomic E-state index is 12.5. The molecule has 0 aliphatic rings. The number of carbonyl (C=O) groups excluding carboxylic acids is 2. The van der Waals surface area contributed by atoms with Crippen LogP contribution >= 0.6 is 0 Å². The van der Waals surface area contributed by atoms with Crippen molar-refractivity contribution in [1.29, 1.82) is 0 Å². The average molecular weight is 453 g/mol. The molecule has 6 heteroatoms. The molecule has 0 bridgehead atoms. The van der Waals surface area contributed by atoms with Crippen LogP contribution in [0.3, 0.4) is 0 Å². The van der Waals surface area contributed by atoms with E-state index in [1.807, 2.05) is 60.7 Å². The summed E-state index contributed by atoms with van der Waals surface area (Å²) in [7, 11) is 3.11. The van der Waals surface area contributed by atoms with E-state index in [9.17, 15) is 9.59 Å². The summed E-state index contributed by atoms with van der Waals surface area (Å²) in [6.07, 6.45) is 0. The second-order valence-electron chi connectivity index (χ2n) is 7.47. The second-order valence-corrected chi connectivity index (χ2v) is 7.47. The van der Waals surface area contributed by atoms with Crippen LogP contribution in [0.1, 0.15) is 20.7 Å². The molecule has 0 aliphatic carbocycles. The maximum atomic E-state index is 12.5. The van der Waals surface area contributed by atoms with Crippen LogP contribution in [-0.4, -0.2) is 26.0 Å². The molecule has 34 heavy (non-hydrogen) atoms. The first-order valence-electron chi connectivity index (χ1n) is 10.7. The number of ether oxygens (including phenoxy) is 2. The highest BCUT2D eigenvalue weighted by molar-refractivity contribution is 6.06. The quantitative estimate of drug-likeness (QED) is 0.367. The van der Waals surface area contributed by atoms with Crippen molar-refractivity contribution in [3.63, 3.8) is 0 Å². The van der Waals surface area contributed by atoms with Crippen LogP contribution in [0.15, 0.2) is 97.1 Å². The minimum atomic E-state index is -0.216. The Balaban J connectivity index is 1.56. The van der Waals surface area contributed by atoms with Crippen molar-refractivity contribution >= 4 is 23.2 Å². The molecule has 170 valence electrons. The Hall–Kier alpha value is -4.58. The van der Waals surface area contributed by atoms with E-state index in [2.05, 4.69) is 10.6 Å². The molecule has 0 atom stereocenters. The van der Waals surface area contributed by atoms with Gasteiger partial charge in [-0.15, -0.1) is 0 Å². The van der Waals surface area contributed by atoms with Gasteiger partial charge < -0.3 is 20.1 Å². The van der Waals surface area contributed by atoms with Crippen LogP contribution in [-0.2, 0) is 0 Å². The summed E-state index contributed by atoms with van der Waals surface area (Å²) in [5.74, 6) is 0.628. The van der Waals surface area contributed by atoms with Gasteiger partial charge in [0.2, 0.25) is 0 Å². The highest BCUT2D eigenvalue weighted by atomic mass is 16.5. The minimum absolute atomic E-state index is 0.216.